The maximum atomic E-state index is 12.9. The average molecular weight is 225 g/mol. The normalized spacial score (nSPS) is 10.6. The van der Waals surface area contributed by atoms with Crippen molar-refractivity contribution < 1.29 is 23.4 Å². The van der Waals surface area contributed by atoms with Crippen molar-refractivity contribution in [2.24, 2.45) is 0 Å². The van der Waals surface area contributed by atoms with Gasteiger partial charge in [-0.1, -0.05) is 0 Å². The van der Waals surface area contributed by atoms with Crippen molar-refractivity contribution in [3.63, 3.8) is 0 Å². The molecule has 1 aromatic heterocycles. The second-order valence-corrected chi connectivity index (χ2v) is 3.16. The molecule has 0 saturated heterocycles. The molecule has 1 aromatic carbocycles. The number of rotatable bonds is 2. The van der Waals surface area contributed by atoms with Crippen LogP contribution in [-0.4, -0.2) is 16.1 Å². The molecule has 0 fully saturated rings. The molecule has 16 heavy (non-hydrogen) atoms. The average Bonchev–Trinajstić information content (AvgIpc) is 2.57. The predicted molar refractivity (Wildman–Crippen MR) is 51.1 cm³/mol. The zero-order chi connectivity index (χ0) is 11.7. The highest BCUT2D eigenvalue weighted by Gasteiger charge is 2.12. The van der Waals surface area contributed by atoms with Gasteiger partial charge in [-0.05, 0) is 0 Å². The topological polar surface area (TPSA) is 72.6 Å². The van der Waals surface area contributed by atoms with Gasteiger partial charge in [0.2, 0.25) is 5.89 Å². The van der Waals surface area contributed by atoms with E-state index in [1.807, 2.05) is 0 Å². The Morgan fingerprint density at radius 3 is 3.06 bits per heavy atom. The van der Waals surface area contributed by atoms with Gasteiger partial charge in [-0.2, -0.15) is 0 Å². The van der Waals surface area contributed by atoms with Gasteiger partial charge in [0.05, 0.1) is 0 Å². The van der Waals surface area contributed by atoms with E-state index < -0.39 is 11.8 Å². The summed E-state index contributed by atoms with van der Waals surface area (Å²) >= 11 is 0. The summed E-state index contributed by atoms with van der Waals surface area (Å²) in [5.41, 5.74) is 0.253. The van der Waals surface area contributed by atoms with Crippen molar-refractivity contribution in [2.75, 3.05) is 0 Å². The SMILES string of the molecule is CC(=O)OCc1nc2cc(F)cc(O)c2o1. The molecular weight excluding hydrogens is 217 g/mol. The first kappa shape index (κ1) is 10.4. The van der Waals surface area contributed by atoms with Crippen LogP contribution in [0.2, 0.25) is 0 Å². The van der Waals surface area contributed by atoms with Crippen LogP contribution in [0.25, 0.3) is 11.1 Å². The minimum Gasteiger partial charge on any atom is -0.504 e. The Balaban J connectivity index is 2.36. The molecule has 2 rings (SSSR count). The minimum atomic E-state index is -0.614. The van der Waals surface area contributed by atoms with Gasteiger partial charge in [0, 0.05) is 19.1 Å². The van der Waals surface area contributed by atoms with Gasteiger partial charge >= 0.3 is 5.97 Å². The van der Waals surface area contributed by atoms with E-state index >= 15 is 0 Å². The number of benzene rings is 1. The smallest absolute Gasteiger partial charge is 0.303 e. The number of hydrogen-bond donors (Lipinski definition) is 1. The van der Waals surface area contributed by atoms with Crippen LogP contribution in [0.3, 0.4) is 0 Å². The molecule has 0 aliphatic carbocycles. The fourth-order valence-electron chi connectivity index (χ4n) is 1.25. The van der Waals surface area contributed by atoms with Crippen LogP contribution in [0.5, 0.6) is 5.75 Å². The lowest BCUT2D eigenvalue weighted by Crippen LogP contribution is -1.98. The highest BCUT2D eigenvalue weighted by molar-refractivity contribution is 5.79. The van der Waals surface area contributed by atoms with Crippen molar-refractivity contribution in [3.8, 4) is 5.75 Å². The number of oxazole rings is 1. The van der Waals surface area contributed by atoms with E-state index in [0.29, 0.717) is 0 Å². The molecule has 5 nitrogen and oxygen atoms in total. The van der Waals surface area contributed by atoms with Gasteiger partial charge < -0.3 is 14.3 Å². The summed E-state index contributed by atoms with van der Waals surface area (Å²) in [7, 11) is 0. The Morgan fingerprint density at radius 2 is 2.38 bits per heavy atom. The number of ether oxygens (including phenoxy) is 1. The van der Waals surface area contributed by atoms with Crippen molar-refractivity contribution in [1.29, 1.82) is 0 Å². The zero-order valence-electron chi connectivity index (χ0n) is 8.36. The van der Waals surface area contributed by atoms with Crippen LogP contribution in [0.15, 0.2) is 16.5 Å². The van der Waals surface area contributed by atoms with Crippen molar-refractivity contribution >= 4 is 17.1 Å². The molecule has 0 saturated carbocycles. The maximum absolute atomic E-state index is 12.9. The number of halogens is 1. The van der Waals surface area contributed by atoms with E-state index in [4.69, 9.17) is 4.42 Å². The van der Waals surface area contributed by atoms with E-state index in [9.17, 15) is 14.3 Å². The van der Waals surface area contributed by atoms with Crippen molar-refractivity contribution in [1.82, 2.24) is 4.98 Å². The molecule has 0 radical (unpaired) electrons. The zero-order valence-corrected chi connectivity index (χ0v) is 8.36. The lowest BCUT2D eigenvalue weighted by Gasteiger charge is -1.95. The number of carbonyl (C=O) groups is 1. The first-order chi connectivity index (χ1) is 7.56. The van der Waals surface area contributed by atoms with E-state index in [0.717, 1.165) is 12.1 Å². The first-order valence-electron chi connectivity index (χ1n) is 4.47. The van der Waals surface area contributed by atoms with Crippen LogP contribution in [0.1, 0.15) is 12.8 Å². The lowest BCUT2D eigenvalue weighted by molar-refractivity contribution is -0.142. The standard InChI is InChI=1S/C10H8FNO4/c1-5(13)15-4-9-12-7-2-6(11)3-8(14)10(7)16-9/h2-3,14H,4H2,1H3. The maximum Gasteiger partial charge on any atom is 0.303 e. The number of phenolic OH excluding ortho intramolecular Hbond substituents is 1. The summed E-state index contributed by atoms with van der Waals surface area (Å²) in [6.45, 7) is 1.10. The third kappa shape index (κ3) is 1.95. The molecule has 0 spiro atoms. The van der Waals surface area contributed by atoms with Gasteiger partial charge in [0.1, 0.15) is 11.3 Å². The summed E-state index contributed by atoms with van der Waals surface area (Å²) < 4.78 is 22.6. The second-order valence-electron chi connectivity index (χ2n) is 3.16. The summed E-state index contributed by atoms with van der Waals surface area (Å²) in [6, 6.07) is 2.04. The van der Waals surface area contributed by atoms with Gasteiger partial charge in [-0.25, -0.2) is 9.37 Å². The van der Waals surface area contributed by atoms with Crippen LogP contribution in [-0.2, 0) is 16.1 Å². The van der Waals surface area contributed by atoms with Crippen LogP contribution in [0.4, 0.5) is 4.39 Å². The predicted octanol–water partition coefficient (Wildman–Crippen LogP) is 1.74. The second kappa shape index (κ2) is 3.80. The molecule has 0 amide bonds. The molecule has 0 aliphatic rings. The fraction of sp³-hybridized carbons (Fsp3) is 0.200. The van der Waals surface area contributed by atoms with Crippen molar-refractivity contribution in [3.05, 3.63) is 23.8 Å². The molecule has 84 valence electrons. The molecule has 0 bridgehead atoms. The van der Waals surface area contributed by atoms with Gasteiger partial charge in [0.15, 0.2) is 17.9 Å². The number of hydrogen-bond acceptors (Lipinski definition) is 5. The van der Waals surface area contributed by atoms with Gasteiger partial charge in [-0.3, -0.25) is 4.79 Å². The molecule has 1 heterocycles. The summed E-state index contributed by atoms with van der Waals surface area (Å²) in [5, 5.41) is 9.36. The number of aromatic hydroxyl groups is 1. The van der Waals surface area contributed by atoms with Crippen LogP contribution >= 0.6 is 0 Å². The third-order valence-electron chi connectivity index (χ3n) is 1.88. The molecular formula is C10H8FNO4. The highest BCUT2D eigenvalue weighted by atomic mass is 19.1. The van der Waals surface area contributed by atoms with Gasteiger partial charge in [-0.15, -0.1) is 0 Å². The van der Waals surface area contributed by atoms with E-state index in [1.54, 1.807) is 0 Å². The molecule has 2 aromatic rings. The molecule has 0 unspecified atom stereocenters. The Labute approximate surface area is 89.5 Å². The van der Waals surface area contributed by atoms with Crippen LogP contribution in [0, 0.1) is 5.82 Å². The fourth-order valence-corrected chi connectivity index (χ4v) is 1.25. The third-order valence-corrected chi connectivity index (χ3v) is 1.88. The van der Waals surface area contributed by atoms with E-state index in [1.165, 1.54) is 6.92 Å². The Kier molecular flexibility index (Phi) is 2.47. The number of carbonyl (C=O) groups excluding carboxylic acids is 1. The Hall–Kier alpha value is -2.11. The largest absolute Gasteiger partial charge is 0.504 e. The highest BCUT2D eigenvalue weighted by Crippen LogP contribution is 2.26. The van der Waals surface area contributed by atoms with Gasteiger partial charge in [0.25, 0.3) is 0 Å². The Morgan fingerprint density at radius 1 is 1.62 bits per heavy atom. The van der Waals surface area contributed by atoms with Crippen LogP contribution < -0.4 is 0 Å². The minimum absolute atomic E-state index is 0.0727. The van der Waals surface area contributed by atoms with Crippen molar-refractivity contribution in [2.45, 2.75) is 13.5 Å². The number of phenols is 1. The summed E-state index contributed by atoms with van der Waals surface area (Å²) in [4.78, 5) is 14.4. The molecule has 0 aliphatic heterocycles. The molecule has 0 atom stereocenters. The number of fused-ring (bicyclic) bond motifs is 1. The number of esters is 1. The molecule has 6 heteroatoms. The Bertz CT molecular complexity index is 549. The van der Waals surface area contributed by atoms with E-state index in [-0.39, 0.29) is 29.3 Å². The lowest BCUT2D eigenvalue weighted by atomic mass is 10.3. The summed E-state index contributed by atoms with van der Waals surface area (Å²) in [5.74, 6) is -1.32. The molecule has 1 N–H and O–H groups in total. The summed E-state index contributed by atoms with van der Waals surface area (Å²) in [6.07, 6.45) is 0. The number of nitrogens with zero attached hydrogens (tertiary/aromatic N) is 1. The van der Waals surface area contributed by atoms with E-state index in [2.05, 4.69) is 9.72 Å². The number of aromatic nitrogens is 1. The monoisotopic (exact) mass is 225 g/mol. The first-order valence-corrected chi connectivity index (χ1v) is 4.47. The quantitative estimate of drug-likeness (QED) is 0.788.